The number of ether oxygens (including phenoxy) is 1. The highest BCUT2D eigenvalue weighted by Gasteiger charge is 2.28. The molecule has 6 N–H and O–H groups in total. The van der Waals surface area contributed by atoms with Gasteiger partial charge in [0, 0.05) is 0 Å². The lowest BCUT2D eigenvalue weighted by Crippen LogP contribution is -2.52. The molecule has 156 valence electrons. The van der Waals surface area contributed by atoms with Crippen LogP contribution in [0.15, 0.2) is 0 Å². The van der Waals surface area contributed by atoms with Crippen molar-refractivity contribution in [1.82, 2.24) is 5.32 Å². The zero-order chi connectivity index (χ0) is 19.2. The van der Waals surface area contributed by atoms with E-state index in [1.807, 2.05) is 0 Å². The number of nitrogens with two attached hydrogens (primary N) is 1. The molecule has 0 spiro atoms. The molecule has 0 fully saturated rings. The van der Waals surface area contributed by atoms with E-state index in [9.17, 15) is 18.7 Å². The van der Waals surface area contributed by atoms with Crippen LogP contribution in [-0.4, -0.2) is 64.2 Å². The Morgan fingerprint density at radius 3 is 1.77 bits per heavy atom. The van der Waals surface area contributed by atoms with Crippen LogP contribution < -0.4 is 11.1 Å². The summed E-state index contributed by atoms with van der Waals surface area (Å²) in [5.41, 5.74) is 2.00. The molecule has 0 saturated carbocycles. The summed E-state index contributed by atoms with van der Waals surface area (Å²) in [6, 6.07) is 0. The third kappa shape index (κ3) is 13.1. The Hall–Kier alpha value is -1.16. The van der Waals surface area contributed by atoms with E-state index >= 15 is 0 Å². The molecule has 0 rings (SSSR count). The fourth-order valence-corrected chi connectivity index (χ4v) is 1.58. The van der Waals surface area contributed by atoms with Crippen molar-refractivity contribution in [1.29, 1.82) is 0 Å². The number of hydrogen-bond donors (Lipinski definition) is 5. The monoisotopic (exact) mass is 426 g/mol. The van der Waals surface area contributed by atoms with Gasteiger partial charge < -0.3 is 31.1 Å². The Kier molecular flexibility index (Phi) is 21.6. The van der Waals surface area contributed by atoms with E-state index in [2.05, 4.69) is 10.1 Å². The maximum atomic E-state index is 10.6. The molecule has 0 aliphatic heterocycles. The van der Waals surface area contributed by atoms with Crippen LogP contribution in [0, 0.1) is 0 Å². The number of carbonyl (C=O) groups excluding carboxylic acids is 2. The molecule has 1 amide bonds. The summed E-state index contributed by atoms with van der Waals surface area (Å²) in [6.07, 6.45) is 0.855. The minimum absolute atomic E-state index is 0. The van der Waals surface area contributed by atoms with Crippen LogP contribution in [0.3, 0.4) is 0 Å². The van der Waals surface area contributed by atoms with Crippen LogP contribution in [0.1, 0.15) is 26.7 Å². The number of rotatable bonds is 10. The minimum Gasteiger partial charge on any atom is -0.455 e. The molecule has 0 bridgehead atoms. The average molecular weight is 426 g/mol. The van der Waals surface area contributed by atoms with Crippen molar-refractivity contribution in [2.24, 2.45) is 5.73 Å². The molecule has 0 saturated heterocycles. The van der Waals surface area contributed by atoms with Crippen molar-refractivity contribution < 1.29 is 48.2 Å². The topological polar surface area (TPSA) is 176 Å². The van der Waals surface area contributed by atoms with Crippen molar-refractivity contribution in [3.8, 4) is 0 Å². The van der Waals surface area contributed by atoms with Gasteiger partial charge in [-0.15, -0.1) is 0 Å². The van der Waals surface area contributed by atoms with E-state index in [1.165, 1.54) is 0 Å². The van der Waals surface area contributed by atoms with Gasteiger partial charge in [0.05, 0.1) is 30.9 Å². The smallest absolute Gasteiger partial charge is 0.398 e. The van der Waals surface area contributed by atoms with Crippen LogP contribution in [0.2, 0.25) is 0 Å². The predicted octanol–water partition coefficient (Wildman–Crippen LogP) is 0.941. The SMILES string of the molecule is CCC(CO)(CO)NC(=O)P=O.CCC(N)(CO)COC(=O)P=O.F.F. The van der Waals surface area contributed by atoms with Gasteiger partial charge in [0.2, 0.25) is 0 Å². The quantitative estimate of drug-likeness (QED) is 0.318. The first kappa shape index (κ1) is 32.5. The van der Waals surface area contributed by atoms with Gasteiger partial charge in [-0.25, -0.2) is 4.79 Å². The second kappa shape index (κ2) is 17.3. The summed E-state index contributed by atoms with van der Waals surface area (Å²) in [5, 5.41) is 28.7. The normalized spacial score (nSPS) is 12.5. The summed E-state index contributed by atoms with van der Waals surface area (Å²) < 4.78 is 24.5. The van der Waals surface area contributed by atoms with E-state index in [-0.39, 0.29) is 35.8 Å². The first-order valence-electron chi connectivity index (χ1n) is 6.99. The third-order valence-corrected chi connectivity index (χ3v) is 3.87. The lowest BCUT2D eigenvalue weighted by atomic mass is 9.99. The van der Waals surface area contributed by atoms with Crippen LogP contribution in [-0.2, 0) is 13.9 Å². The average Bonchev–Trinajstić information content (AvgIpc) is 2.64. The summed E-state index contributed by atoms with van der Waals surface area (Å²) in [4.78, 5) is 21.1. The molecule has 1 unspecified atom stereocenters. The Morgan fingerprint density at radius 1 is 1.00 bits per heavy atom. The van der Waals surface area contributed by atoms with Crippen LogP contribution in [0.4, 0.5) is 19.0 Å². The van der Waals surface area contributed by atoms with Crippen molar-refractivity contribution >= 4 is 28.3 Å². The fourth-order valence-electron chi connectivity index (χ4n) is 1.18. The molecular weight excluding hydrogens is 400 g/mol. The minimum atomic E-state index is -1.05. The van der Waals surface area contributed by atoms with Gasteiger partial charge >= 0.3 is 11.4 Å². The maximum absolute atomic E-state index is 10.6. The number of amides is 1. The molecule has 0 aromatic carbocycles. The molecule has 0 heterocycles. The van der Waals surface area contributed by atoms with Gasteiger partial charge in [-0.3, -0.25) is 23.3 Å². The molecule has 10 nitrogen and oxygen atoms in total. The lowest BCUT2D eigenvalue weighted by Gasteiger charge is -2.28. The molecule has 1 atom stereocenters. The summed E-state index contributed by atoms with van der Waals surface area (Å²) in [6.45, 7) is 2.33. The van der Waals surface area contributed by atoms with Crippen LogP contribution in [0.25, 0.3) is 0 Å². The van der Waals surface area contributed by atoms with Gasteiger partial charge in [0.1, 0.15) is 6.61 Å². The summed E-state index contributed by atoms with van der Waals surface area (Å²) in [5.74, 6) is 0. The van der Waals surface area contributed by atoms with Crippen LogP contribution in [0.5, 0.6) is 0 Å². The van der Waals surface area contributed by atoms with Gasteiger partial charge in [-0.05, 0) is 12.8 Å². The fraction of sp³-hybridized carbons (Fsp3) is 0.833. The van der Waals surface area contributed by atoms with E-state index in [1.54, 1.807) is 13.8 Å². The molecular formula is C12H26F2N2O8P2. The lowest BCUT2D eigenvalue weighted by molar-refractivity contribution is 0.0971. The first-order chi connectivity index (χ1) is 11.2. The Labute approximate surface area is 152 Å². The zero-order valence-corrected chi connectivity index (χ0v) is 16.2. The predicted molar refractivity (Wildman–Crippen MR) is 91.6 cm³/mol. The number of halogens is 2. The van der Waals surface area contributed by atoms with E-state index in [4.69, 9.17) is 21.1 Å². The van der Waals surface area contributed by atoms with Crippen molar-refractivity contribution in [2.75, 3.05) is 26.4 Å². The molecule has 0 aliphatic carbocycles. The summed E-state index contributed by atoms with van der Waals surface area (Å²) >= 11 is 0. The largest absolute Gasteiger partial charge is 0.455 e. The van der Waals surface area contributed by atoms with Gasteiger partial charge in [-0.1, -0.05) is 13.8 Å². The van der Waals surface area contributed by atoms with E-state index in [0.717, 1.165) is 0 Å². The molecule has 0 aromatic rings. The Morgan fingerprint density at radius 2 is 1.50 bits per heavy atom. The maximum Gasteiger partial charge on any atom is 0.398 e. The van der Waals surface area contributed by atoms with Crippen molar-refractivity contribution in [2.45, 2.75) is 37.8 Å². The number of aliphatic hydroxyl groups is 3. The Bertz CT molecular complexity index is 416. The van der Waals surface area contributed by atoms with E-state index < -0.39 is 39.4 Å². The molecule has 26 heavy (non-hydrogen) atoms. The van der Waals surface area contributed by atoms with Crippen LogP contribution >= 0.6 is 16.9 Å². The number of nitrogens with one attached hydrogen (secondary N) is 1. The first-order valence-corrected chi connectivity index (χ1v) is 8.61. The van der Waals surface area contributed by atoms with Crippen molar-refractivity contribution in [3.63, 3.8) is 0 Å². The highest BCUT2D eigenvalue weighted by Crippen LogP contribution is 2.10. The number of carbonyl (C=O) groups is 2. The van der Waals surface area contributed by atoms with Gasteiger partial charge in [0.25, 0.3) is 16.9 Å². The zero-order valence-electron chi connectivity index (χ0n) is 14.4. The molecule has 0 radical (unpaired) electrons. The number of hydrogen-bond acceptors (Lipinski definition) is 9. The second-order valence-electron chi connectivity index (χ2n) is 4.99. The molecule has 0 aliphatic rings. The highest BCUT2D eigenvalue weighted by molar-refractivity contribution is 7.45. The number of aliphatic hydroxyl groups excluding tert-OH is 3. The highest BCUT2D eigenvalue weighted by atomic mass is 31.1. The molecule has 14 heteroatoms. The van der Waals surface area contributed by atoms with E-state index in [0.29, 0.717) is 12.8 Å². The standard InChI is InChI=1S/2C6H12NO4P.2FH/c1-2-6(7,3-8)4-11-5(9)12-10;1-2-6(3-8,4-9)7-5(10)12-11;;/h8H,2-4,7H2,1H3;8-9H,2-4H2,1H3,(H,7,10);2*1H. The second-order valence-corrected chi connectivity index (χ2v) is 6.13. The van der Waals surface area contributed by atoms with Gasteiger partial charge in [0.15, 0.2) is 0 Å². The van der Waals surface area contributed by atoms with Crippen molar-refractivity contribution in [3.05, 3.63) is 0 Å². The third-order valence-electron chi connectivity index (χ3n) is 3.31. The Balaban J connectivity index is -0.000000173. The van der Waals surface area contributed by atoms with Gasteiger partial charge in [-0.2, -0.15) is 0 Å². The molecule has 0 aromatic heterocycles. The summed E-state index contributed by atoms with van der Waals surface area (Å²) in [7, 11) is -1.36.